The van der Waals surface area contributed by atoms with Crippen molar-refractivity contribution in [1.29, 1.82) is 0 Å². The van der Waals surface area contributed by atoms with Gasteiger partial charge in [-0.2, -0.15) is 0 Å². The summed E-state index contributed by atoms with van der Waals surface area (Å²) in [6.07, 6.45) is -0.267. The van der Waals surface area contributed by atoms with E-state index in [1.54, 1.807) is 0 Å². The van der Waals surface area contributed by atoms with E-state index in [9.17, 15) is 26.4 Å². The van der Waals surface area contributed by atoms with Crippen LogP contribution in [0, 0.1) is 17.5 Å². The summed E-state index contributed by atoms with van der Waals surface area (Å²) < 4.78 is 64.9. The molecule has 0 atom stereocenters. The molecule has 0 bridgehead atoms. The van der Waals surface area contributed by atoms with Crippen LogP contribution in [-0.2, 0) is 14.8 Å². The number of carbonyl (C=O) groups is 1. The van der Waals surface area contributed by atoms with Gasteiger partial charge in [-0.15, -0.1) is 0 Å². The van der Waals surface area contributed by atoms with Crippen molar-refractivity contribution in [2.45, 2.75) is 11.3 Å². The van der Waals surface area contributed by atoms with Crippen molar-refractivity contribution in [3.8, 4) is 0 Å². The van der Waals surface area contributed by atoms with Gasteiger partial charge in [0.1, 0.15) is 17.5 Å². The standard InChI is InChI=1S/C15H13F3N2O3S/c16-10-1-4-12(5-2-10)24(22,23)19-8-7-15(21)20-14-6-3-11(17)9-13(14)18/h1-6,9,19H,7-8H2,(H,20,21). The van der Waals surface area contributed by atoms with E-state index in [2.05, 4.69) is 10.0 Å². The Morgan fingerprint density at radius 1 is 0.958 bits per heavy atom. The molecule has 128 valence electrons. The zero-order chi connectivity index (χ0) is 17.7. The van der Waals surface area contributed by atoms with Gasteiger partial charge in [-0.05, 0) is 36.4 Å². The SMILES string of the molecule is O=C(CCNS(=O)(=O)c1ccc(F)cc1)Nc1ccc(F)cc1F. The summed E-state index contributed by atoms with van der Waals surface area (Å²) in [5.74, 6) is -2.94. The van der Waals surface area contributed by atoms with Crippen LogP contribution in [0.3, 0.4) is 0 Å². The Morgan fingerprint density at radius 3 is 2.21 bits per heavy atom. The summed E-state index contributed by atoms with van der Waals surface area (Å²) in [6, 6.07) is 6.84. The lowest BCUT2D eigenvalue weighted by molar-refractivity contribution is -0.116. The topological polar surface area (TPSA) is 75.3 Å². The molecule has 2 rings (SSSR count). The number of sulfonamides is 1. The van der Waals surface area contributed by atoms with Gasteiger partial charge in [0.25, 0.3) is 0 Å². The van der Waals surface area contributed by atoms with Crippen LogP contribution in [0.25, 0.3) is 0 Å². The van der Waals surface area contributed by atoms with Gasteiger partial charge in [0.05, 0.1) is 10.6 Å². The zero-order valence-corrected chi connectivity index (χ0v) is 13.0. The molecule has 2 aromatic rings. The third-order valence-corrected chi connectivity index (χ3v) is 4.45. The van der Waals surface area contributed by atoms with Crippen LogP contribution in [-0.4, -0.2) is 20.9 Å². The molecule has 0 spiro atoms. The number of hydrogen-bond donors (Lipinski definition) is 2. The summed E-state index contributed by atoms with van der Waals surface area (Å²) >= 11 is 0. The molecule has 0 fully saturated rings. The highest BCUT2D eigenvalue weighted by molar-refractivity contribution is 7.89. The smallest absolute Gasteiger partial charge is 0.240 e. The van der Waals surface area contributed by atoms with Crippen molar-refractivity contribution in [2.24, 2.45) is 0 Å². The lowest BCUT2D eigenvalue weighted by atomic mass is 10.3. The summed E-state index contributed by atoms with van der Waals surface area (Å²) in [4.78, 5) is 11.5. The quantitative estimate of drug-likeness (QED) is 0.833. The number of anilines is 1. The maximum Gasteiger partial charge on any atom is 0.240 e. The second-order valence-electron chi connectivity index (χ2n) is 4.77. The number of benzene rings is 2. The molecule has 0 saturated heterocycles. The Bertz CT molecular complexity index is 840. The molecule has 0 aliphatic heterocycles. The monoisotopic (exact) mass is 358 g/mol. The Morgan fingerprint density at radius 2 is 1.58 bits per heavy atom. The first-order chi connectivity index (χ1) is 11.3. The molecule has 0 aliphatic rings. The summed E-state index contributed by atoms with van der Waals surface area (Å²) in [5, 5.41) is 2.21. The molecule has 0 unspecified atom stereocenters. The summed E-state index contributed by atoms with van der Waals surface area (Å²) in [5.41, 5.74) is -0.206. The number of hydrogen-bond acceptors (Lipinski definition) is 3. The minimum absolute atomic E-state index is 0.145. The van der Waals surface area contributed by atoms with Crippen molar-refractivity contribution in [2.75, 3.05) is 11.9 Å². The van der Waals surface area contributed by atoms with Crippen LogP contribution in [0.4, 0.5) is 18.9 Å². The number of amides is 1. The molecule has 5 nitrogen and oxygen atoms in total. The molecule has 2 aromatic carbocycles. The fraction of sp³-hybridized carbons (Fsp3) is 0.133. The van der Waals surface area contributed by atoms with Gasteiger partial charge in [0.15, 0.2) is 0 Å². The number of halogens is 3. The van der Waals surface area contributed by atoms with E-state index < -0.39 is 33.4 Å². The first-order valence-electron chi connectivity index (χ1n) is 6.78. The number of nitrogens with one attached hydrogen (secondary N) is 2. The molecular weight excluding hydrogens is 345 g/mol. The number of carbonyl (C=O) groups excluding carboxylic acids is 1. The summed E-state index contributed by atoms with van der Waals surface area (Å²) in [6.45, 7) is -0.242. The molecule has 0 saturated carbocycles. The predicted molar refractivity (Wildman–Crippen MR) is 81.2 cm³/mol. The van der Waals surface area contributed by atoms with Crippen LogP contribution >= 0.6 is 0 Å². The molecule has 2 N–H and O–H groups in total. The van der Waals surface area contributed by atoms with Gasteiger partial charge in [0.2, 0.25) is 15.9 Å². The molecule has 0 heterocycles. The lowest BCUT2D eigenvalue weighted by Crippen LogP contribution is -2.28. The Hall–Kier alpha value is -2.39. The van der Waals surface area contributed by atoms with Gasteiger partial charge in [-0.1, -0.05) is 0 Å². The van der Waals surface area contributed by atoms with Gasteiger partial charge < -0.3 is 5.32 Å². The van der Waals surface area contributed by atoms with E-state index in [0.29, 0.717) is 6.07 Å². The van der Waals surface area contributed by atoms with E-state index in [1.807, 2.05) is 0 Å². The van der Waals surface area contributed by atoms with Crippen molar-refractivity contribution in [1.82, 2.24) is 4.72 Å². The fourth-order valence-corrected chi connectivity index (χ4v) is 2.83. The predicted octanol–water partition coefficient (Wildman–Crippen LogP) is 2.41. The first kappa shape index (κ1) is 18.0. The van der Waals surface area contributed by atoms with Crippen LogP contribution in [0.5, 0.6) is 0 Å². The minimum Gasteiger partial charge on any atom is -0.324 e. The molecule has 24 heavy (non-hydrogen) atoms. The Balaban J connectivity index is 1.89. The Kier molecular flexibility index (Phi) is 5.58. The molecule has 0 radical (unpaired) electrons. The third kappa shape index (κ3) is 4.80. The van der Waals surface area contributed by atoms with Crippen LogP contribution in [0.1, 0.15) is 6.42 Å². The zero-order valence-electron chi connectivity index (χ0n) is 12.2. The fourth-order valence-electron chi connectivity index (χ4n) is 1.80. The average molecular weight is 358 g/mol. The van der Waals surface area contributed by atoms with Gasteiger partial charge in [0, 0.05) is 19.0 Å². The van der Waals surface area contributed by atoms with Crippen molar-refractivity contribution >= 4 is 21.6 Å². The van der Waals surface area contributed by atoms with Crippen molar-refractivity contribution in [3.05, 3.63) is 59.9 Å². The second kappa shape index (κ2) is 7.45. The maximum absolute atomic E-state index is 13.4. The normalized spacial score (nSPS) is 11.3. The molecule has 1 amide bonds. The van der Waals surface area contributed by atoms with E-state index in [1.165, 1.54) is 0 Å². The maximum atomic E-state index is 13.4. The van der Waals surface area contributed by atoms with E-state index in [4.69, 9.17) is 0 Å². The van der Waals surface area contributed by atoms with E-state index in [-0.39, 0.29) is 23.5 Å². The molecule has 9 heteroatoms. The van der Waals surface area contributed by atoms with Crippen molar-refractivity contribution < 1.29 is 26.4 Å². The molecular formula is C15H13F3N2O3S. The lowest BCUT2D eigenvalue weighted by Gasteiger charge is -2.08. The minimum atomic E-state index is -3.88. The van der Waals surface area contributed by atoms with Crippen LogP contribution in [0.15, 0.2) is 47.4 Å². The second-order valence-corrected chi connectivity index (χ2v) is 6.54. The average Bonchev–Trinajstić information content (AvgIpc) is 2.50. The highest BCUT2D eigenvalue weighted by atomic mass is 32.2. The van der Waals surface area contributed by atoms with Crippen LogP contribution < -0.4 is 10.0 Å². The van der Waals surface area contributed by atoms with E-state index in [0.717, 1.165) is 36.4 Å². The van der Waals surface area contributed by atoms with E-state index >= 15 is 0 Å². The van der Waals surface area contributed by atoms with Gasteiger partial charge in [-0.25, -0.2) is 26.3 Å². The molecule has 0 aliphatic carbocycles. The Labute approximate surface area is 136 Å². The largest absolute Gasteiger partial charge is 0.324 e. The van der Waals surface area contributed by atoms with Gasteiger partial charge in [-0.3, -0.25) is 4.79 Å². The first-order valence-corrected chi connectivity index (χ1v) is 8.26. The van der Waals surface area contributed by atoms with Crippen LogP contribution in [0.2, 0.25) is 0 Å². The number of rotatable bonds is 6. The highest BCUT2D eigenvalue weighted by Crippen LogP contribution is 2.15. The van der Waals surface area contributed by atoms with Crippen molar-refractivity contribution in [3.63, 3.8) is 0 Å². The highest BCUT2D eigenvalue weighted by Gasteiger charge is 2.14. The summed E-state index contributed by atoms with van der Waals surface area (Å²) in [7, 11) is -3.88. The molecule has 0 aromatic heterocycles. The van der Waals surface area contributed by atoms with Gasteiger partial charge >= 0.3 is 0 Å². The third-order valence-electron chi connectivity index (χ3n) is 2.97.